The number of nitrogens with one attached hydrogen (secondary N) is 1. The summed E-state index contributed by atoms with van der Waals surface area (Å²) >= 11 is 6.01. The van der Waals surface area contributed by atoms with E-state index in [1.54, 1.807) is 13.3 Å². The lowest BCUT2D eigenvalue weighted by atomic mass is 10.2. The zero-order chi connectivity index (χ0) is 11.8. The highest BCUT2D eigenvalue weighted by atomic mass is 35.5. The molecule has 0 aliphatic carbocycles. The third kappa shape index (κ3) is 4.35. The van der Waals surface area contributed by atoms with Crippen LogP contribution in [0.3, 0.4) is 0 Å². The molecule has 90 valence electrons. The SMILES string of the molecule is CCNCc1cc(OCCOC)ncc1Cl. The van der Waals surface area contributed by atoms with Crippen molar-refractivity contribution in [1.82, 2.24) is 10.3 Å². The van der Waals surface area contributed by atoms with Gasteiger partial charge in [0.05, 0.1) is 11.6 Å². The van der Waals surface area contributed by atoms with Crippen molar-refractivity contribution in [2.75, 3.05) is 26.9 Å². The molecule has 0 unspecified atom stereocenters. The minimum Gasteiger partial charge on any atom is -0.475 e. The summed E-state index contributed by atoms with van der Waals surface area (Å²) < 4.78 is 10.3. The van der Waals surface area contributed by atoms with Gasteiger partial charge in [-0.3, -0.25) is 0 Å². The highest BCUT2D eigenvalue weighted by Crippen LogP contribution is 2.19. The van der Waals surface area contributed by atoms with E-state index in [0.29, 0.717) is 24.1 Å². The van der Waals surface area contributed by atoms with Crippen molar-refractivity contribution in [3.63, 3.8) is 0 Å². The smallest absolute Gasteiger partial charge is 0.213 e. The van der Waals surface area contributed by atoms with E-state index in [2.05, 4.69) is 10.3 Å². The van der Waals surface area contributed by atoms with Crippen LogP contribution in [0.25, 0.3) is 0 Å². The summed E-state index contributed by atoms with van der Waals surface area (Å²) in [6.45, 7) is 4.71. The normalized spacial score (nSPS) is 10.4. The Morgan fingerprint density at radius 3 is 2.94 bits per heavy atom. The third-order valence-corrected chi connectivity index (χ3v) is 2.35. The van der Waals surface area contributed by atoms with E-state index < -0.39 is 0 Å². The zero-order valence-corrected chi connectivity index (χ0v) is 10.4. The molecular weight excluding hydrogens is 228 g/mol. The molecule has 1 aromatic heterocycles. The Labute approximate surface area is 101 Å². The number of rotatable bonds is 7. The number of hydrogen-bond acceptors (Lipinski definition) is 4. The van der Waals surface area contributed by atoms with Gasteiger partial charge in [-0.2, -0.15) is 0 Å². The van der Waals surface area contributed by atoms with Gasteiger partial charge in [0, 0.05) is 25.9 Å². The number of aromatic nitrogens is 1. The van der Waals surface area contributed by atoms with Gasteiger partial charge in [-0.1, -0.05) is 18.5 Å². The van der Waals surface area contributed by atoms with Gasteiger partial charge in [0.1, 0.15) is 6.61 Å². The first-order chi connectivity index (χ1) is 7.77. The van der Waals surface area contributed by atoms with E-state index in [1.165, 1.54) is 0 Å². The summed E-state index contributed by atoms with van der Waals surface area (Å²) in [5.41, 5.74) is 0.992. The molecule has 0 amide bonds. The van der Waals surface area contributed by atoms with E-state index >= 15 is 0 Å². The van der Waals surface area contributed by atoms with Crippen LogP contribution in [0, 0.1) is 0 Å². The fourth-order valence-electron chi connectivity index (χ4n) is 1.16. The van der Waals surface area contributed by atoms with Gasteiger partial charge in [0.25, 0.3) is 0 Å². The molecule has 1 aromatic rings. The van der Waals surface area contributed by atoms with E-state index in [1.807, 2.05) is 13.0 Å². The Hall–Kier alpha value is -0.840. The molecule has 0 aliphatic rings. The van der Waals surface area contributed by atoms with E-state index in [-0.39, 0.29) is 0 Å². The summed E-state index contributed by atoms with van der Waals surface area (Å²) in [6.07, 6.45) is 1.61. The second-order valence-corrected chi connectivity index (χ2v) is 3.64. The predicted octanol–water partition coefficient (Wildman–Crippen LogP) is 1.87. The number of pyridine rings is 1. The number of ether oxygens (including phenoxy) is 2. The monoisotopic (exact) mass is 244 g/mol. The predicted molar refractivity (Wildman–Crippen MR) is 64.0 cm³/mol. The first kappa shape index (κ1) is 13.2. The van der Waals surface area contributed by atoms with Crippen molar-refractivity contribution in [3.8, 4) is 5.88 Å². The van der Waals surface area contributed by atoms with Gasteiger partial charge in [-0.05, 0) is 12.1 Å². The minimum atomic E-state index is 0.492. The fourth-order valence-corrected chi connectivity index (χ4v) is 1.33. The van der Waals surface area contributed by atoms with Crippen molar-refractivity contribution in [2.24, 2.45) is 0 Å². The van der Waals surface area contributed by atoms with Crippen LogP contribution in [-0.4, -0.2) is 31.9 Å². The Kier molecular flexibility index (Phi) is 6.15. The first-order valence-electron chi connectivity index (χ1n) is 5.24. The summed E-state index contributed by atoms with van der Waals surface area (Å²) in [5.74, 6) is 0.578. The largest absolute Gasteiger partial charge is 0.475 e. The van der Waals surface area contributed by atoms with Crippen molar-refractivity contribution in [2.45, 2.75) is 13.5 Å². The summed E-state index contributed by atoms with van der Waals surface area (Å²) in [4.78, 5) is 4.08. The molecule has 0 bridgehead atoms. The van der Waals surface area contributed by atoms with Crippen LogP contribution in [0.5, 0.6) is 5.88 Å². The Morgan fingerprint density at radius 1 is 1.44 bits per heavy atom. The van der Waals surface area contributed by atoms with Crippen molar-refractivity contribution in [1.29, 1.82) is 0 Å². The van der Waals surface area contributed by atoms with Crippen LogP contribution in [0.4, 0.5) is 0 Å². The summed E-state index contributed by atoms with van der Waals surface area (Å²) in [5, 5.41) is 3.86. The van der Waals surface area contributed by atoms with Crippen LogP contribution in [-0.2, 0) is 11.3 Å². The van der Waals surface area contributed by atoms with Crippen LogP contribution in [0.2, 0.25) is 5.02 Å². The molecule has 4 nitrogen and oxygen atoms in total. The highest BCUT2D eigenvalue weighted by Gasteiger charge is 2.03. The lowest BCUT2D eigenvalue weighted by molar-refractivity contribution is 0.143. The average Bonchev–Trinajstić information content (AvgIpc) is 2.30. The Balaban J connectivity index is 2.58. The van der Waals surface area contributed by atoms with E-state index in [0.717, 1.165) is 18.7 Å². The second-order valence-electron chi connectivity index (χ2n) is 3.24. The standard InChI is InChI=1S/C11H17ClN2O2/c1-3-13-7-9-6-11(14-8-10(9)12)16-5-4-15-2/h6,8,13H,3-5,7H2,1-2H3. The van der Waals surface area contributed by atoms with Gasteiger partial charge < -0.3 is 14.8 Å². The van der Waals surface area contributed by atoms with Gasteiger partial charge in [0.2, 0.25) is 5.88 Å². The molecular formula is C11H17ClN2O2. The van der Waals surface area contributed by atoms with Crippen LogP contribution < -0.4 is 10.1 Å². The van der Waals surface area contributed by atoms with Crippen molar-refractivity contribution in [3.05, 3.63) is 22.8 Å². The van der Waals surface area contributed by atoms with Gasteiger partial charge in [-0.25, -0.2) is 4.98 Å². The molecule has 0 aliphatic heterocycles. The van der Waals surface area contributed by atoms with Crippen molar-refractivity contribution >= 4 is 11.6 Å². The molecule has 1 rings (SSSR count). The average molecular weight is 245 g/mol. The molecule has 0 saturated carbocycles. The third-order valence-electron chi connectivity index (χ3n) is 2.01. The minimum absolute atomic E-state index is 0.492. The van der Waals surface area contributed by atoms with E-state index in [4.69, 9.17) is 21.1 Å². The Bertz CT molecular complexity index is 321. The van der Waals surface area contributed by atoms with E-state index in [9.17, 15) is 0 Å². The molecule has 16 heavy (non-hydrogen) atoms. The quantitative estimate of drug-likeness (QED) is 0.744. The number of halogens is 1. The number of hydrogen-bond donors (Lipinski definition) is 1. The zero-order valence-electron chi connectivity index (χ0n) is 9.62. The maximum Gasteiger partial charge on any atom is 0.213 e. The van der Waals surface area contributed by atoms with Gasteiger partial charge in [-0.15, -0.1) is 0 Å². The first-order valence-corrected chi connectivity index (χ1v) is 5.62. The maximum atomic E-state index is 6.01. The molecule has 1 N–H and O–H groups in total. The molecule has 5 heteroatoms. The molecule has 0 saturated heterocycles. The van der Waals surface area contributed by atoms with Gasteiger partial charge in [0.15, 0.2) is 0 Å². The summed E-state index contributed by atoms with van der Waals surface area (Å²) in [7, 11) is 1.63. The molecule has 1 heterocycles. The molecule has 0 radical (unpaired) electrons. The summed E-state index contributed by atoms with van der Waals surface area (Å²) in [6, 6.07) is 1.85. The fraction of sp³-hybridized carbons (Fsp3) is 0.545. The number of nitrogens with zero attached hydrogens (tertiary/aromatic N) is 1. The van der Waals surface area contributed by atoms with Crippen molar-refractivity contribution < 1.29 is 9.47 Å². The second kappa shape index (κ2) is 7.44. The lowest BCUT2D eigenvalue weighted by Crippen LogP contribution is -2.12. The van der Waals surface area contributed by atoms with Gasteiger partial charge >= 0.3 is 0 Å². The number of methoxy groups -OCH3 is 1. The molecule has 0 aromatic carbocycles. The van der Waals surface area contributed by atoms with Crippen LogP contribution in [0.1, 0.15) is 12.5 Å². The molecule has 0 spiro atoms. The highest BCUT2D eigenvalue weighted by molar-refractivity contribution is 6.31. The molecule has 0 atom stereocenters. The lowest BCUT2D eigenvalue weighted by Gasteiger charge is -2.08. The van der Waals surface area contributed by atoms with Crippen LogP contribution in [0.15, 0.2) is 12.3 Å². The molecule has 0 fully saturated rings. The Morgan fingerprint density at radius 2 is 2.25 bits per heavy atom. The topological polar surface area (TPSA) is 43.4 Å². The maximum absolute atomic E-state index is 6.01. The van der Waals surface area contributed by atoms with Crippen LogP contribution >= 0.6 is 11.6 Å².